The normalized spacial score (nSPS) is 21.9. The van der Waals surface area contributed by atoms with Crippen molar-refractivity contribution < 1.29 is 9.59 Å². The van der Waals surface area contributed by atoms with Gasteiger partial charge >= 0.3 is 0 Å². The number of aromatic amines is 1. The predicted octanol–water partition coefficient (Wildman–Crippen LogP) is 0.811. The molecule has 2 heterocycles. The van der Waals surface area contributed by atoms with Crippen molar-refractivity contribution >= 4 is 11.8 Å². The summed E-state index contributed by atoms with van der Waals surface area (Å²) in [7, 11) is 0. The molecule has 0 bridgehead atoms. The lowest BCUT2D eigenvalue weighted by molar-refractivity contribution is -0.125. The van der Waals surface area contributed by atoms with Gasteiger partial charge in [-0.1, -0.05) is 13.8 Å². The number of amides is 2. The average Bonchev–Trinajstić information content (AvgIpc) is 2.99. The molecule has 2 N–H and O–H groups in total. The van der Waals surface area contributed by atoms with Crippen LogP contribution in [0.1, 0.15) is 61.9 Å². The first-order chi connectivity index (χ1) is 10.1. The van der Waals surface area contributed by atoms with Gasteiger partial charge in [-0.2, -0.15) is 0 Å². The molecule has 1 aromatic rings. The van der Waals surface area contributed by atoms with E-state index in [2.05, 4.69) is 20.5 Å². The molecule has 0 aromatic carbocycles. The van der Waals surface area contributed by atoms with Gasteiger partial charge in [0.2, 0.25) is 11.7 Å². The zero-order chi connectivity index (χ0) is 15.0. The van der Waals surface area contributed by atoms with E-state index in [1.807, 2.05) is 13.8 Å². The van der Waals surface area contributed by atoms with Gasteiger partial charge in [0.25, 0.3) is 5.91 Å². The molecule has 1 saturated carbocycles. The number of hydrogen-bond donors (Lipinski definition) is 2. The summed E-state index contributed by atoms with van der Waals surface area (Å²) < 4.78 is 0. The number of H-pyrrole nitrogens is 1. The quantitative estimate of drug-likeness (QED) is 0.859. The number of nitrogens with one attached hydrogen (secondary N) is 2. The molecule has 2 fully saturated rings. The highest BCUT2D eigenvalue weighted by molar-refractivity contribution is 5.95. The fourth-order valence-corrected chi connectivity index (χ4v) is 2.56. The van der Waals surface area contributed by atoms with Crippen LogP contribution >= 0.6 is 0 Å². The van der Waals surface area contributed by atoms with E-state index in [1.165, 1.54) is 0 Å². The summed E-state index contributed by atoms with van der Waals surface area (Å²) in [6.07, 6.45) is 3.65. The van der Waals surface area contributed by atoms with Gasteiger partial charge in [-0.05, 0) is 25.7 Å². The second kappa shape index (κ2) is 5.46. The Morgan fingerprint density at radius 2 is 2.10 bits per heavy atom. The van der Waals surface area contributed by atoms with Gasteiger partial charge in [0.05, 0.1) is 0 Å². The van der Waals surface area contributed by atoms with Crippen molar-refractivity contribution in [3.05, 3.63) is 11.6 Å². The molecule has 1 atom stereocenters. The second-order valence-corrected chi connectivity index (χ2v) is 6.14. The van der Waals surface area contributed by atoms with Crippen molar-refractivity contribution in [3.63, 3.8) is 0 Å². The minimum atomic E-state index is -0.376. The molecule has 3 rings (SSSR count). The van der Waals surface area contributed by atoms with Gasteiger partial charge in [-0.15, -0.1) is 5.10 Å². The largest absolute Gasteiger partial charge is 0.352 e. The van der Waals surface area contributed by atoms with Gasteiger partial charge in [-0.25, -0.2) is 4.98 Å². The molecule has 1 aromatic heterocycles. The third kappa shape index (κ3) is 2.91. The number of carbonyl (C=O) groups excluding carboxylic acids is 2. The lowest BCUT2D eigenvalue weighted by Crippen LogP contribution is -2.46. The minimum absolute atomic E-state index is 0.0389. The summed E-state index contributed by atoms with van der Waals surface area (Å²) in [5.74, 6) is 0.738. The van der Waals surface area contributed by atoms with Gasteiger partial charge in [0, 0.05) is 18.5 Å². The first kappa shape index (κ1) is 14.0. The van der Waals surface area contributed by atoms with Crippen LogP contribution < -0.4 is 5.32 Å². The van der Waals surface area contributed by atoms with Crippen LogP contribution in [-0.2, 0) is 4.79 Å². The number of aromatic nitrogens is 3. The van der Waals surface area contributed by atoms with E-state index in [9.17, 15) is 9.59 Å². The first-order valence-electron chi connectivity index (χ1n) is 7.60. The highest BCUT2D eigenvalue weighted by Gasteiger charge is 2.37. The molecular formula is C14H21N5O2. The highest BCUT2D eigenvalue weighted by atomic mass is 16.2. The molecule has 114 valence electrons. The van der Waals surface area contributed by atoms with E-state index in [4.69, 9.17) is 0 Å². The van der Waals surface area contributed by atoms with E-state index in [-0.39, 0.29) is 29.6 Å². The van der Waals surface area contributed by atoms with Crippen LogP contribution in [0.25, 0.3) is 0 Å². The van der Waals surface area contributed by atoms with E-state index in [0.717, 1.165) is 19.3 Å². The Kier molecular flexibility index (Phi) is 3.65. The maximum atomic E-state index is 12.5. The molecule has 1 aliphatic heterocycles. The van der Waals surface area contributed by atoms with Gasteiger partial charge in [0.1, 0.15) is 11.9 Å². The molecule has 1 aliphatic carbocycles. The molecule has 1 saturated heterocycles. The summed E-state index contributed by atoms with van der Waals surface area (Å²) in [5, 5.41) is 9.75. The Hall–Kier alpha value is -1.92. The third-order valence-electron chi connectivity index (χ3n) is 3.98. The van der Waals surface area contributed by atoms with Crippen LogP contribution in [0.4, 0.5) is 0 Å². The second-order valence-electron chi connectivity index (χ2n) is 6.14. The standard InChI is InChI=1S/C14H21N5O2/c1-8(2)11-16-12(18-17-11)14(21)19-7-3-4-10(19)13(20)15-9-5-6-9/h8-10H,3-7H2,1-2H3,(H,15,20)(H,16,17,18). The summed E-state index contributed by atoms with van der Waals surface area (Å²) in [6.45, 7) is 4.56. The Morgan fingerprint density at radius 3 is 2.71 bits per heavy atom. The number of hydrogen-bond acceptors (Lipinski definition) is 4. The topological polar surface area (TPSA) is 91.0 Å². The van der Waals surface area contributed by atoms with Gasteiger partial charge in [0.15, 0.2) is 0 Å². The number of likely N-dealkylation sites (tertiary alicyclic amines) is 1. The van der Waals surface area contributed by atoms with E-state index in [0.29, 0.717) is 24.8 Å². The molecular weight excluding hydrogens is 270 g/mol. The highest BCUT2D eigenvalue weighted by Crippen LogP contribution is 2.23. The summed E-state index contributed by atoms with van der Waals surface area (Å²) in [6, 6.07) is -0.0646. The smallest absolute Gasteiger partial charge is 0.294 e. The van der Waals surface area contributed by atoms with Crippen LogP contribution in [-0.4, -0.2) is 50.5 Å². The van der Waals surface area contributed by atoms with Crippen LogP contribution in [0.5, 0.6) is 0 Å². The first-order valence-corrected chi connectivity index (χ1v) is 7.60. The fraction of sp³-hybridized carbons (Fsp3) is 0.714. The molecule has 1 unspecified atom stereocenters. The predicted molar refractivity (Wildman–Crippen MR) is 75.7 cm³/mol. The minimum Gasteiger partial charge on any atom is -0.352 e. The summed E-state index contributed by atoms with van der Waals surface area (Å²) in [4.78, 5) is 30.5. The zero-order valence-corrected chi connectivity index (χ0v) is 12.4. The summed E-state index contributed by atoms with van der Waals surface area (Å²) in [5.41, 5.74) is 0. The van der Waals surface area contributed by atoms with Crippen molar-refractivity contribution in [2.75, 3.05) is 6.54 Å². The van der Waals surface area contributed by atoms with E-state index in [1.54, 1.807) is 4.90 Å². The Bertz CT molecular complexity index is 549. The van der Waals surface area contributed by atoms with Crippen molar-refractivity contribution in [1.29, 1.82) is 0 Å². The maximum absolute atomic E-state index is 12.5. The maximum Gasteiger partial charge on any atom is 0.294 e. The van der Waals surface area contributed by atoms with Crippen LogP contribution in [0, 0.1) is 0 Å². The SMILES string of the molecule is CC(C)c1nc(C(=O)N2CCCC2C(=O)NC2CC2)n[nH]1. The number of carbonyl (C=O) groups is 2. The number of nitrogens with zero attached hydrogens (tertiary/aromatic N) is 3. The Balaban J connectivity index is 1.70. The molecule has 7 heteroatoms. The van der Waals surface area contributed by atoms with E-state index < -0.39 is 0 Å². The van der Waals surface area contributed by atoms with Crippen molar-refractivity contribution in [2.45, 2.75) is 57.5 Å². The van der Waals surface area contributed by atoms with Crippen molar-refractivity contribution in [2.24, 2.45) is 0 Å². The van der Waals surface area contributed by atoms with Gasteiger partial charge < -0.3 is 10.2 Å². The van der Waals surface area contributed by atoms with Crippen molar-refractivity contribution in [3.8, 4) is 0 Å². The molecule has 2 amide bonds. The van der Waals surface area contributed by atoms with Crippen LogP contribution in [0.15, 0.2) is 0 Å². The molecule has 21 heavy (non-hydrogen) atoms. The number of rotatable bonds is 4. The average molecular weight is 291 g/mol. The van der Waals surface area contributed by atoms with E-state index >= 15 is 0 Å². The van der Waals surface area contributed by atoms with Crippen molar-refractivity contribution in [1.82, 2.24) is 25.4 Å². The summed E-state index contributed by atoms with van der Waals surface area (Å²) >= 11 is 0. The lowest BCUT2D eigenvalue weighted by atomic mass is 10.2. The van der Waals surface area contributed by atoms with Crippen LogP contribution in [0.3, 0.4) is 0 Å². The molecule has 0 spiro atoms. The monoisotopic (exact) mass is 291 g/mol. The molecule has 2 aliphatic rings. The fourth-order valence-electron chi connectivity index (χ4n) is 2.56. The molecule has 0 radical (unpaired) electrons. The Labute approximate surface area is 123 Å². The van der Waals surface area contributed by atoms with Gasteiger partial charge in [-0.3, -0.25) is 14.7 Å². The lowest BCUT2D eigenvalue weighted by Gasteiger charge is -2.22. The third-order valence-corrected chi connectivity index (χ3v) is 3.98. The molecule has 7 nitrogen and oxygen atoms in total. The van der Waals surface area contributed by atoms with Crippen LogP contribution in [0.2, 0.25) is 0 Å². The zero-order valence-electron chi connectivity index (χ0n) is 12.4. The Morgan fingerprint density at radius 1 is 1.33 bits per heavy atom.